The average Bonchev–Trinajstić information content (AvgIpc) is 2.48. The molecule has 0 fully saturated rings. The normalized spacial score (nSPS) is 10.5. The second-order valence-corrected chi connectivity index (χ2v) is 5.15. The first kappa shape index (κ1) is 13.4. The Morgan fingerprint density at radius 1 is 1.05 bits per heavy atom. The molecule has 0 unspecified atom stereocenters. The van der Waals surface area contributed by atoms with Crippen LogP contribution in [0.2, 0.25) is 0 Å². The maximum atomic E-state index is 10.5. The maximum Gasteiger partial charge on any atom is 0.322 e. The zero-order valence-electron chi connectivity index (χ0n) is 10.6. The summed E-state index contributed by atoms with van der Waals surface area (Å²) in [4.78, 5) is 17.6. The highest BCUT2D eigenvalue weighted by atomic mass is 79.9. The molecular weight excluding hydrogens is 338 g/mol. The van der Waals surface area contributed by atoms with E-state index in [1.54, 1.807) is 6.07 Å². The van der Waals surface area contributed by atoms with Crippen LogP contribution in [0.5, 0.6) is 11.8 Å². The van der Waals surface area contributed by atoms with Crippen LogP contribution in [0.25, 0.3) is 10.8 Å². The standard InChI is InChI=1S/C14H8BrN3O3/c15-11-3-1-10-6-13(4-2-9(10)5-11)21-14-16-7-12(8-17-14)18(19)20/h1-8H. The van der Waals surface area contributed by atoms with Gasteiger partial charge in [-0.1, -0.05) is 28.1 Å². The van der Waals surface area contributed by atoms with Gasteiger partial charge in [0.15, 0.2) is 0 Å². The first-order valence-electron chi connectivity index (χ1n) is 5.95. The zero-order chi connectivity index (χ0) is 14.8. The molecule has 2 aromatic carbocycles. The van der Waals surface area contributed by atoms with E-state index < -0.39 is 4.92 Å². The molecule has 0 saturated heterocycles. The van der Waals surface area contributed by atoms with Crippen LogP contribution in [0.1, 0.15) is 0 Å². The van der Waals surface area contributed by atoms with Gasteiger partial charge in [0.05, 0.1) is 4.92 Å². The van der Waals surface area contributed by atoms with Gasteiger partial charge in [-0.2, -0.15) is 9.97 Å². The smallest absolute Gasteiger partial charge is 0.322 e. The van der Waals surface area contributed by atoms with Crippen molar-refractivity contribution in [3.05, 3.63) is 63.4 Å². The van der Waals surface area contributed by atoms with Gasteiger partial charge in [-0.15, -0.1) is 0 Å². The topological polar surface area (TPSA) is 78.2 Å². The van der Waals surface area contributed by atoms with Crippen LogP contribution < -0.4 is 4.74 Å². The van der Waals surface area contributed by atoms with Crippen molar-refractivity contribution in [2.24, 2.45) is 0 Å². The summed E-state index contributed by atoms with van der Waals surface area (Å²) in [6.45, 7) is 0. The maximum absolute atomic E-state index is 10.5. The lowest BCUT2D eigenvalue weighted by Gasteiger charge is -2.05. The molecule has 1 heterocycles. The number of fused-ring (bicyclic) bond motifs is 1. The van der Waals surface area contributed by atoms with Crippen LogP contribution in [0.15, 0.2) is 53.3 Å². The number of rotatable bonds is 3. The molecule has 6 nitrogen and oxygen atoms in total. The number of halogens is 1. The third kappa shape index (κ3) is 2.97. The summed E-state index contributed by atoms with van der Waals surface area (Å²) < 4.78 is 6.50. The minimum Gasteiger partial charge on any atom is -0.424 e. The second-order valence-electron chi connectivity index (χ2n) is 4.24. The molecule has 0 aliphatic carbocycles. The van der Waals surface area contributed by atoms with Crippen molar-refractivity contribution in [3.63, 3.8) is 0 Å². The van der Waals surface area contributed by atoms with Gasteiger partial charge >= 0.3 is 11.7 Å². The Morgan fingerprint density at radius 2 is 1.71 bits per heavy atom. The largest absolute Gasteiger partial charge is 0.424 e. The Morgan fingerprint density at radius 3 is 2.43 bits per heavy atom. The lowest BCUT2D eigenvalue weighted by atomic mass is 10.1. The third-order valence-electron chi connectivity index (χ3n) is 2.81. The molecule has 21 heavy (non-hydrogen) atoms. The van der Waals surface area contributed by atoms with E-state index in [2.05, 4.69) is 25.9 Å². The summed E-state index contributed by atoms with van der Waals surface area (Å²) in [6, 6.07) is 11.5. The van der Waals surface area contributed by atoms with Crippen molar-refractivity contribution < 1.29 is 9.66 Å². The van der Waals surface area contributed by atoms with E-state index in [-0.39, 0.29) is 11.7 Å². The Hall–Kier alpha value is -2.54. The van der Waals surface area contributed by atoms with E-state index in [1.807, 2.05) is 30.3 Å². The van der Waals surface area contributed by atoms with Crippen LogP contribution in [0, 0.1) is 10.1 Å². The molecule has 0 bridgehead atoms. The number of nitrogens with zero attached hydrogens (tertiary/aromatic N) is 3. The average molecular weight is 346 g/mol. The molecule has 3 aromatic rings. The Balaban J connectivity index is 1.87. The summed E-state index contributed by atoms with van der Waals surface area (Å²) in [5.41, 5.74) is -0.175. The van der Waals surface area contributed by atoms with E-state index >= 15 is 0 Å². The first-order chi connectivity index (χ1) is 10.1. The zero-order valence-corrected chi connectivity index (χ0v) is 12.1. The predicted octanol–water partition coefficient (Wildman–Crippen LogP) is 4.09. The van der Waals surface area contributed by atoms with Gasteiger partial charge in [0.2, 0.25) is 0 Å². The first-order valence-corrected chi connectivity index (χ1v) is 6.75. The lowest BCUT2D eigenvalue weighted by Crippen LogP contribution is -1.94. The molecule has 0 radical (unpaired) electrons. The van der Waals surface area contributed by atoms with Gasteiger partial charge < -0.3 is 4.74 Å². The van der Waals surface area contributed by atoms with Gasteiger partial charge in [-0.25, -0.2) is 0 Å². The molecule has 0 atom stereocenters. The number of benzene rings is 2. The van der Waals surface area contributed by atoms with Gasteiger partial charge in [0, 0.05) is 4.47 Å². The van der Waals surface area contributed by atoms with Gasteiger partial charge in [-0.05, 0) is 35.0 Å². The quantitative estimate of drug-likeness (QED) is 0.527. The highest BCUT2D eigenvalue weighted by molar-refractivity contribution is 9.10. The summed E-state index contributed by atoms with van der Waals surface area (Å²) in [7, 11) is 0. The molecule has 0 spiro atoms. The fraction of sp³-hybridized carbons (Fsp3) is 0. The lowest BCUT2D eigenvalue weighted by molar-refractivity contribution is -0.385. The molecule has 1 aromatic heterocycles. The molecule has 104 valence electrons. The fourth-order valence-electron chi connectivity index (χ4n) is 1.82. The van der Waals surface area contributed by atoms with E-state index in [0.29, 0.717) is 5.75 Å². The monoisotopic (exact) mass is 345 g/mol. The highest BCUT2D eigenvalue weighted by Gasteiger charge is 2.08. The molecule has 3 rings (SSSR count). The summed E-state index contributed by atoms with van der Waals surface area (Å²) >= 11 is 3.42. The van der Waals surface area contributed by atoms with Crippen molar-refractivity contribution in [1.82, 2.24) is 9.97 Å². The molecule has 0 amide bonds. The second kappa shape index (κ2) is 5.45. The van der Waals surface area contributed by atoms with Crippen molar-refractivity contribution in [2.45, 2.75) is 0 Å². The van der Waals surface area contributed by atoms with Crippen molar-refractivity contribution in [3.8, 4) is 11.8 Å². The van der Waals surface area contributed by atoms with E-state index in [9.17, 15) is 10.1 Å². The SMILES string of the molecule is O=[N+]([O-])c1cnc(Oc2ccc3cc(Br)ccc3c2)nc1. The molecular formula is C14H8BrN3O3. The van der Waals surface area contributed by atoms with Crippen molar-refractivity contribution in [2.75, 3.05) is 0 Å². The van der Waals surface area contributed by atoms with Gasteiger partial charge in [0.1, 0.15) is 18.1 Å². The Kier molecular flexibility index (Phi) is 3.49. The van der Waals surface area contributed by atoms with E-state index in [4.69, 9.17) is 4.74 Å². The molecule has 0 N–H and O–H groups in total. The van der Waals surface area contributed by atoms with Crippen LogP contribution in [-0.2, 0) is 0 Å². The summed E-state index contributed by atoms with van der Waals surface area (Å²) in [5.74, 6) is 0.568. The Labute approximate surface area is 127 Å². The van der Waals surface area contributed by atoms with Crippen LogP contribution in [0.4, 0.5) is 5.69 Å². The van der Waals surface area contributed by atoms with Gasteiger partial charge in [-0.3, -0.25) is 10.1 Å². The summed E-state index contributed by atoms with van der Waals surface area (Å²) in [5, 5.41) is 12.6. The number of aromatic nitrogens is 2. The van der Waals surface area contributed by atoms with Crippen LogP contribution in [0.3, 0.4) is 0 Å². The highest BCUT2D eigenvalue weighted by Crippen LogP contribution is 2.26. The molecule has 0 aliphatic rings. The van der Waals surface area contributed by atoms with Crippen LogP contribution in [-0.4, -0.2) is 14.9 Å². The molecule has 0 saturated carbocycles. The van der Waals surface area contributed by atoms with Crippen LogP contribution >= 0.6 is 15.9 Å². The number of hydrogen-bond donors (Lipinski definition) is 0. The minimum atomic E-state index is -0.558. The number of nitro groups is 1. The van der Waals surface area contributed by atoms with Crippen molar-refractivity contribution in [1.29, 1.82) is 0 Å². The molecule has 7 heteroatoms. The predicted molar refractivity (Wildman–Crippen MR) is 80.4 cm³/mol. The van der Waals surface area contributed by atoms with E-state index in [1.165, 1.54) is 0 Å². The van der Waals surface area contributed by atoms with E-state index in [0.717, 1.165) is 27.6 Å². The number of ether oxygens (including phenoxy) is 1. The third-order valence-corrected chi connectivity index (χ3v) is 3.30. The molecule has 0 aliphatic heterocycles. The minimum absolute atomic E-state index is 0.0667. The van der Waals surface area contributed by atoms with Crippen molar-refractivity contribution >= 4 is 32.4 Å². The fourth-order valence-corrected chi connectivity index (χ4v) is 2.20. The van der Waals surface area contributed by atoms with Gasteiger partial charge in [0.25, 0.3) is 0 Å². The summed E-state index contributed by atoms with van der Waals surface area (Å²) in [6.07, 6.45) is 2.22. The Bertz CT molecular complexity index is 821. The number of hydrogen-bond acceptors (Lipinski definition) is 5.